The summed E-state index contributed by atoms with van der Waals surface area (Å²) in [5.74, 6) is 0.844. The Hall–Kier alpha value is -0.890. The van der Waals surface area contributed by atoms with Crippen molar-refractivity contribution in [1.29, 1.82) is 0 Å². The fourth-order valence-corrected chi connectivity index (χ4v) is 3.05. The first-order chi connectivity index (χ1) is 8.83. The molecule has 100 valence electrons. The Morgan fingerprint density at radius 1 is 1.28 bits per heavy atom. The molecule has 2 nitrogen and oxygen atoms in total. The van der Waals surface area contributed by atoms with Crippen LogP contribution in [0.15, 0.2) is 18.3 Å². The minimum Gasteiger partial charge on any atom is -0.316 e. The summed E-state index contributed by atoms with van der Waals surface area (Å²) < 4.78 is 0. The number of nitrogens with zero attached hydrogens (tertiary/aromatic N) is 1. The van der Waals surface area contributed by atoms with Crippen LogP contribution < -0.4 is 5.32 Å². The molecule has 1 aromatic heterocycles. The largest absolute Gasteiger partial charge is 0.316 e. The molecule has 1 heterocycles. The molecule has 0 radical (unpaired) electrons. The van der Waals surface area contributed by atoms with Crippen LogP contribution in [0.5, 0.6) is 0 Å². The van der Waals surface area contributed by atoms with Gasteiger partial charge >= 0.3 is 0 Å². The van der Waals surface area contributed by atoms with Gasteiger partial charge in [0.2, 0.25) is 0 Å². The van der Waals surface area contributed by atoms with Gasteiger partial charge in [0.1, 0.15) is 0 Å². The number of aryl methyl sites for hydroxylation is 1. The van der Waals surface area contributed by atoms with E-state index in [2.05, 4.69) is 36.4 Å². The molecule has 0 amide bonds. The van der Waals surface area contributed by atoms with Crippen LogP contribution in [0, 0.1) is 5.92 Å². The number of nitrogens with one attached hydrogen (secondary N) is 1. The summed E-state index contributed by atoms with van der Waals surface area (Å²) in [6, 6.07) is 5.02. The number of pyridine rings is 1. The topological polar surface area (TPSA) is 24.9 Å². The normalized spacial score (nSPS) is 18.8. The molecule has 1 aliphatic carbocycles. The Morgan fingerprint density at radius 2 is 2.06 bits per heavy atom. The molecule has 18 heavy (non-hydrogen) atoms. The van der Waals surface area contributed by atoms with Crippen LogP contribution in [0.25, 0.3) is 0 Å². The molecule has 1 saturated carbocycles. The van der Waals surface area contributed by atoms with Gasteiger partial charge < -0.3 is 5.32 Å². The molecule has 0 bridgehead atoms. The van der Waals surface area contributed by atoms with Crippen LogP contribution >= 0.6 is 0 Å². The van der Waals surface area contributed by atoms with Crippen molar-refractivity contribution in [3.63, 3.8) is 0 Å². The van der Waals surface area contributed by atoms with Crippen molar-refractivity contribution in [1.82, 2.24) is 10.3 Å². The second-order valence-corrected chi connectivity index (χ2v) is 5.51. The lowest BCUT2D eigenvalue weighted by atomic mass is 9.82. The van der Waals surface area contributed by atoms with Crippen LogP contribution in [0.2, 0.25) is 0 Å². The molecule has 1 atom stereocenters. The van der Waals surface area contributed by atoms with Crippen LogP contribution in [0.1, 0.15) is 50.3 Å². The summed E-state index contributed by atoms with van der Waals surface area (Å²) >= 11 is 0. The summed E-state index contributed by atoms with van der Waals surface area (Å²) in [5, 5.41) is 3.51. The van der Waals surface area contributed by atoms with Gasteiger partial charge in [-0.2, -0.15) is 0 Å². The molecule has 1 aromatic rings. The van der Waals surface area contributed by atoms with Crippen molar-refractivity contribution in [3.05, 3.63) is 29.6 Å². The molecule has 1 aliphatic rings. The third-order valence-corrected chi connectivity index (χ3v) is 4.31. The highest BCUT2D eigenvalue weighted by Crippen LogP contribution is 2.27. The molecule has 1 N–H and O–H groups in total. The highest BCUT2D eigenvalue weighted by Gasteiger charge is 2.22. The lowest BCUT2D eigenvalue weighted by Gasteiger charge is -2.30. The molecule has 0 saturated heterocycles. The quantitative estimate of drug-likeness (QED) is 0.861. The second kappa shape index (κ2) is 6.89. The Bertz CT molecular complexity index is 339. The third kappa shape index (κ3) is 3.55. The van der Waals surface area contributed by atoms with Gasteiger partial charge in [0.15, 0.2) is 0 Å². The van der Waals surface area contributed by atoms with Gasteiger partial charge in [-0.1, -0.05) is 32.3 Å². The van der Waals surface area contributed by atoms with Crippen LogP contribution in [-0.2, 0) is 12.8 Å². The van der Waals surface area contributed by atoms with E-state index in [4.69, 9.17) is 0 Å². The Balaban J connectivity index is 1.95. The first-order valence-corrected chi connectivity index (χ1v) is 7.44. The molecule has 1 unspecified atom stereocenters. The molecular weight excluding hydrogens is 220 g/mol. The van der Waals surface area contributed by atoms with Crippen molar-refractivity contribution in [2.24, 2.45) is 5.92 Å². The molecule has 0 aliphatic heterocycles. The SMILES string of the molecule is CCc1ccc(CC(NC)C2CCCCC2)nc1. The molecule has 0 aromatic carbocycles. The highest BCUT2D eigenvalue weighted by atomic mass is 14.9. The lowest BCUT2D eigenvalue weighted by molar-refractivity contribution is 0.275. The molecule has 1 fully saturated rings. The predicted octanol–water partition coefficient (Wildman–Crippen LogP) is 3.35. The minimum atomic E-state index is 0.602. The smallest absolute Gasteiger partial charge is 0.0419 e. The van der Waals surface area contributed by atoms with Gasteiger partial charge in [0, 0.05) is 24.4 Å². The van der Waals surface area contributed by atoms with Gasteiger partial charge in [0.05, 0.1) is 0 Å². The highest BCUT2D eigenvalue weighted by molar-refractivity contribution is 5.14. The standard InChI is InChI=1S/C16H26N2/c1-3-13-9-10-15(18-12-13)11-16(17-2)14-7-5-4-6-8-14/h9-10,12,14,16-17H,3-8,11H2,1-2H3. The fraction of sp³-hybridized carbons (Fsp3) is 0.688. The fourth-order valence-electron chi connectivity index (χ4n) is 3.05. The maximum absolute atomic E-state index is 4.59. The van der Waals surface area contributed by atoms with E-state index in [0.717, 1.165) is 18.8 Å². The van der Waals surface area contributed by atoms with E-state index >= 15 is 0 Å². The van der Waals surface area contributed by atoms with E-state index in [1.165, 1.54) is 43.4 Å². The van der Waals surface area contributed by atoms with E-state index < -0.39 is 0 Å². The summed E-state index contributed by atoms with van der Waals surface area (Å²) in [6.45, 7) is 2.18. The van der Waals surface area contributed by atoms with E-state index in [-0.39, 0.29) is 0 Å². The van der Waals surface area contributed by atoms with Crippen molar-refractivity contribution in [3.8, 4) is 0 Å². The van der Waals surface area contributed by atoms with E-state index in [1.807, 2.05) is 6.20 Å². The van der Waals surface area contributed by atoms with E-state index in [1.54, 1.807) is 0 Å². The molecule has 2 rings (SSSR count). The van der Waals surface area contributed by atoms with Crippen molar-refractivity contribution < 1.29 is 0 Å². The number of likely N-dealkylation sites (N-methyl/N-ethyl adjacent to an activating group) is 1. The van der Waals surface area contributed by atoms with Gasteiger partial charge in [0.25, 0.3) is 0 Å². The van der Waals surface area contributed by atoms with Gasteiger partial charge in [-0.25, -0.2) is 0 Å². The number of hydrogen-bond acceptors (Lipinski definition) is 2. The van der Waals surface area contributed by atoms with Crippen LogP contribution in [-0.4, -0.2) is 18.1 Å². The second-order valence-electron chi connectivity index (χ2n) is 5.51. The van der Waals surface area contributed by atoms with Crippen molar-refractivity contribution >= 4 is 0 Å². The minimum absolute atomic E-state index is 0.602. The van der Waals surface area contributed by atoms with E-state index in [9.17, 15) is 0 Å². The number of aromatic nitrogens is 1. The maximum Gasteiger partial charge on any atom is 0.0419 e. The maximum atomic E-state index is 4.59. The predicted molar refractivity (Wildman–Crippen MR) is 76.7 cm³/mol. The lowest BCUT2D eigenvalue weighted by Crippen LogP contribution is -2.36. The van der Waals surface area contributed by atoms with Crippen LogP contribution in [0.4, 0.5) is 0 Å². The van der Waals surface area contributed by atoms with Crippen LogP contribution in [0.3, 0.4) is 0 Å². The number of hydrogen-bond donors (Lipinski definition) is 1. The monoisotopic (exact) mass is 246 g/mol. The Labute approximate surface area is 111 Å². The van der Waals surface area contributed by atoms with Gasteiger partial charge in [-0.15, -0.1) is 0 Å². The first kappa shape index (κ1) is 13.5. The Kier molecular flexibility index (Phi) is 5.18. The van der Waals surface area contributed by atoms with Crippen molar-refractivity contribution in [2.75, 3.05) is 7.05 Å². The van der Waals surface area contributed by atoms with E-state index in [0.29, 0.717) is 6.04 Å². The third-order valence-electron chi connectivity index (χ3n) is 4.31. The zero-order valence-electron chi connectivity index (χ0n) is 11.8. The zero-order chi connectivity index (χ0) is 12.8. The molecule has 0 spiro atoms. The van der Waals surface area contributed by atoms with Gasteiger partial charge in [-0.3, -0.25) is 4.98 Å². The van der Waals surface area contributed by atoms with Gasteiger partial charge in [-0.05, 0) is 43.9 Å². The Morgan fingerprint density at radius 3 is 2.61 bits per heavy atom. The first-order valence-electron chi connectivity index (χ1n) is 7.44. The van der Waals surface area contributed by atoms with Crippen molar-refractivity contribution in [2.45, 2.75) is 57.9 Å². The summed E-state index contributed by atoms with van der Waals surface area (Å²) in [4.78, 5) is 4.59. The number of rotatable bonds is 5. The summed E-state index contributed by atoms with van der Waals surface area (Å²) in [7, 11) is 2.10. The molecule has 2 heteroatoms. The average molecular weight is 246 g/mol. The summed E-state index contributed by atoms with van der Waals surface area (Å²) in [6.07, 6.45) is 11.2. The molecular formula is C16H26N2. The zero-order valence-corrected chi connectivity index (χ0v) is 11.8. The summed E-state index contributed by atoms with van der Waals surface area (Å²) in [5.41, 5.74) is 2.56. The average Bonchev–Trinajstić information content (AvgIpc) is 2.46.